The summed E-state index contributed by atoms with van der Waals surface area (Å²) in [5.41, 5.74) is 4.76. The summed E-state index contributed by atoms with van der Waals surface area (Å²) in [6.45, 7) is 2.69. The van der Waals surface area contributed by atoms with Gasteiger partial charge >= 0.3 is 0 Å². The Bertz CT molecular complexity index is 1330. The minimum absolute atomic E-state index is 0.0471. The van der Waals surface area contributed by atoms with Crippen molar-refractivity contribution in [3.63, 3.8) is 0 Å². The monoisotopic (exact) mass is 454 g/mol. The van der Waals surface area contributed by atoms with Gasteiger partial charge in [0.1, 0.15) is 5.52 Å². The van der Waals surface area contributed by atoms with Crippen molar-refractivity contribution in [1.29, 1.82) is 0 Å². The number of hydrogen-bond acceptors (Lipinski definition) is 5. The summed E-state index contributed by atoms with van der Waals surface area (Å²) in [5, 5.41) is 8.48. The van der Waals surface area contributed by atoms with E-state index in [-0.39, 0.29) is 11.9 Å². The quantitative estimate of drug-likeness (QED) is 0.450. The molecule has 6 rings (SSSR count). The van der Waals surface area contributed by atoms with E-state index < -0.39 is 0 Å². The maximum absolute atomic E-state index is 13.4. The van der Waals surface area contributed by atoms with Crippen LogP contribution in [0.5, 0.6) is 11.5 Å². The minimum Gasteiger partial charge on any atom is -0.490 e. The lowest BCUT2D eigenvalue weighted by atomic mass is 10.0. The van der Waals surface area contributed by atoms with Crippen LogP contribution >= 0.6 is 0 Å². The first-order valence-electron chi connectivity index (χ1n) is 11.8. The summed E-state index contributed by atoms with van der Waals surface area (Å²) in [7, 11) is 0. The first kappa shape index (κ1) is 20.7. The number of likely N-dealkylation sites (tertiary alicyclic amines) is 1. The number of nitrogens with zero attached hydrogens (tertiary/aromatic N) is 4. The van der Waals surface area contributed by atoms with Gasteiger partial charge in [0.2, 0.25) is 0 Å². The molecule has 172 valence electrons. The highest BCUT2D eigenvalue weighted by atomic mass is 16.5. The minimum atomic E-state index is 0.0471. The van der Waals surface area contributed by atoms with E-state index in [1.165, 1.54) is 0 Å². The maximum Gasteiger partial charge on any atom is 0.254 e. The Morgan fingerprint density at radius 3 is 2.65 bits per heavy atom. The number of benzene rings is 3. The molecule has 2 aliphatic rings. The molecule has 1 amide bonds. The van der Waals surface area contributed by atoms with Gasteiger partial charge in [-0.3, -0.25) is 4.79 Å². The third-order valence-electron chi connectivity index (χ3n) is 6.62. The predicted octanol–water partition coefficient (Wildman–Crippen LogP) is 4.62. The Hall–Kier alpha value is -3.87. The lowest BCUT2D eigenvalue weighted by Crippen LogP contribution is -2.30. The smallest absolute Gasteiger partial charge is 0.254 e. The molecule has 7 heteroatoms. The average molecular weight is 455 g/mol. The van der Waals surface area contributed by atoms with Crippen LogP contribution in [0, 0.1) is 0 Å². The van der Waals surface area contributed by atoms with Crippen LogP contribution in [0.15, 0.2) is 66.7 Å². The largest absolute Gasteiger partial charge is 0.490 e. The maximum atomic E-state index is 13.4. The summed E-state index contributed by atoms with van der Waals surface area (Å²) in [5.74, 6) is 1.62. The molecular formula is C27H26N4O3. The molecular weight excluding hydrogens is 428 g/mol. The highest BCUT2D eigenvalue weighted by molar-refractivity contribution is 5.94. The molecule has 3 aromatic carbocycles. The van der Waals surface area contributed by atoms with Crippen molar-refractivity contribution < 1.29 is 14.3 Å². The molecule has 3 heterocycles. The molecule has 0 bridgehead atoms. The standard InChI is InChI=1S/C27H26N4O3/c32-27(20-10-8-19(9-11-20)18-31-24-6-2-1-5-22(24)28-29-31)30-14-3-7-23(30)21-12-13-25-26(17-21)34-16-4-15-33-25/h1-2,5-6,8-13,17,23H,3-4,7,14-16,18H2/t23-/m1/s1. The summed E-state index contributed by atoms with van der Waals surface area (Å²) in [4.78, 5) is 15.4. The summed E-state index contributed by atoms with van der Waals surface area (Å²) >= 11 is 0. The van der Waals surface area contributed by atoms with E-state index in [2.05, 4.69) is 16.4 Å². The fraction of sp³-hybridized carbons (Fsp3) is 0.296. The molecule has 7 nitrogen and oxygen atoms in total. The van der Waals surface area contributed by atoms with E-state index in [0.717, 1.165) is 59.5 Å². The van der Waals surface area contributed by atoms with Gasteiger partial charge in [-0.15, -0.1) is 5.10 Å². The lowest BCUT2D eigenvalue weighted by Gasteiger charge is -2.26. The number of hydrogen-bond donors (Lipinski definition) is 0. The molecule has 0 aliphatic carbocycles. The first-order valence-corrected chi connectivity index (χ1v) is 11.8. The number of aromatic nitrogens is 3. The molecule has 0 spiro atoms. The molecule has 0 unspecified atom stereocenters. The summed E-state index contributed by atoms with van der Waals surface area (Å²) in [6.07, 6.45) is 2.81. The number of ether oxygens (including phenoxy) is 2. The van der Waals surface area contributed by atoms with Crippen molar-refractivity contribution in [2.75, 3.05) is 19.8 Å². The number of rotatable bonds is 4. The zero-order valence-corrected chi connectivity index (χ0v) is 18.9. The fourth-order valence-corrected chi connectivity index (χ4v) is 4.87. The van der Waals surface area contributed by atoms with Crippen LogP contribution in [-0.4, -0.2) is 45.6 Å². The number of carbonyl (C=O) groups excluding carboxylic acids is 1. The molecule has 0 N–H and O–H groups in total. The number of para-hydroxylation sites is 1. The van der Waals surface area contributed by atoms with Gasteiger partial charge < -0.3 is 14.4 Å². The van der Waals surface area contributed by atoms with Gasteiger partial charge in [-0.2, -0.15) is 0 Å². The van der Waals surface area contributed by atoms with E-state index in [4.69, 9.17) is 9.47 Å². The van der Waals surface area contributed by atoms with Gasteiger partial charge in [0.05, 0.1) is 31.3 Å². The Balaban J connectivity index is 1.19. The van der Waals surface area contributed by atoms with E-state index in [1.807, 2.05) is 70.2 Å². The fourth-order valence-electron chi connectivity index (χ4n) is 4.87. The molecule has 0 saturated carbocycles. The Morgan fingerprint density at radius 1 is 0.941 bits per heavy atom. The Morgan fingerprint density at radius 2 is 1.76 bits per heavy atom. The molecule has 1 aromatic heterocycles. The van der Waals surface area contributed by atoms with Crippen molar-refractivity contribution in [2.45, 2.75) is 31.8 Å². The highest BCUT2D eigenvalue weighted by Gasteiger charge is 2.31. The number of carbonyl (C=O) groups is 1. The third kappa shape index (κ3) is 3.87. The highest BCUT2D eigenvalue weighted by Crippen LogP contribution is 2.38. The van der Waals surface area contributed by atoms with Crippen molar-refractivity contribution in [3.05, 3.63) is 83.4 Å². The second-order valence-corrected chi connectivity index (χ2v) is 8.85. The van der Waals surface area contributed by atoms with E-state index in [9.17, 15) is 4.79 Å². The molecule has 2 aliphatic heterocycles. The SMILES string of the molecule is O=C(c1ccc(Cn2nnc3ccccc32)cc1)N1CCC[C@@H]1c1ccc2c(c1)OCCCO2. The third-order valence-corrected chi connectivity index (χ3v) is 6.62. The molecule has 1 saturated heterocycles. The van der Waals surface area contributed by atoms with Crippen LogP contribution in [0.3, 0.4) is 0 Å². The van der Waals surface area contributed by atoms with Gasteiger partial charge in [-0.05, 0) is 60.4 Å². The first-order chi connectivity index (χ1) is 16.8. The van der Waals surface area contributed by atoms with Crippen LogP contribution in [0.25, 0.3) is 11.0 Å². The molecule has 1 fully saturated rings. The van der Waals surface area contributed by atoms with Crippen molar-refractivity contribution in [2.24, 2.45) is 0 Å². The average Bonchev–Trinajstić information content (AvgIpc) is 3.45. The molecule has 34 heavy (non-hydrogen) atoms. The topological polar surface area (TPSA) is 69.5 Å². The lowest BCUT2D eigenvalue weighted by molar-refractivity contribution is 0.0735. The van der Waals surface area contributed by atoms with E-state index >= 15 is 0 Å². The number of fused-ring (bicyclic) bond motifs is 2. The van der Waals surface area contributed by atoms with Gasteiger partial charge in [0.15, 0.2) is 11.5 Å². The van der Waals surface area contributed by atoms with Crippen LogP contribution < -0.4 is 9.47 Å². The van der Waals surface area contributed by atoms with E-state index in [0.29, 0.717) is 25.3 Å². The van der Waals surface area contributed by atoms with E-state index in [1.54, 1.807) is 0 Å². The summed E-state index contributed by atoms with van der Waals surface area (Å²) < 4.78 is 13.5. The summed E-state index contributed by atoms with van der Waals surface area (Å²) in [6, 6.07) is 21.9. The van der Waals surface area contributed by atoms with Crippen LogP contribution in [0.2, 0.25) is 0 Å². The second-order valence-electron chi connectivity index (χ2n) is 8.85. The molecule has 1 atom stereocenters. The van der Waals surface area contributed by atoms with Crippen molar-refractivity contribution >= 4 is 16.9 Å². The Labute approximate surface area is 197 Å². The predicted molar refractivity (Wildman–Crippen MR) is 128 cm³/mol. The van der Waals surface area contributed by atoms with Crippen molar-refractivity contribution in [3.8, 4) is 11.5 Å². The molecule has 4 aromatic rings. The van der Waals surface area contributed by atoms with Gasteiger partial charge in [0, 0.05) is 18.5 Å². The van der Waals surface area contributed by atoms with Gasteiger partial charge in [0.25, 0.3) is 5.91 Å². The molecule has 0 radical (unpaired) electrons. The van der Waals surface area contributed by atoms with Crippen molar-refractivity contribution in [1.82, 2.24) is 19.9 Å². The second kappa shape index (κ2) is 8.82. The normalized spacial score (nSPS) is 17.6. The van der Waals surface area contributed by atoms with Crippen LogP contribution in [-0.2, 0) is 6.54 Å². The zero-order valence-electron chi connectivity index (χ0n) is 18.9. The van der Waals surface area contributed by atoms with Crippen LogP contribution in [0.4, 0.5) is 0 Å². The van der Waals surface area contributed by atoms with Crippen LogP contribution in [0.1, 0.15) is 46.8 Å². The Kier molecular flexibility index (Phi) is 5.37. The zero-order chi connectivity index (χ0) is 22.9. The van der Waals surface area contributed by atoms with Gasteiger partial charge in [-0.1, -0.05) is 35.5 Å². The number of amides is 1. The van der Waals surface area contributed by atoms with Gasteiger partial charge in [-0.25, -0.2) is 4.68 Å².